The van der Waals surface area contributed by atoms with Gasteiger partial charge in [-0.2, -0.15) is 0 Å². The summed E-state index contributed by atoms with van der Waals surface area (Å²) in [5.41, 5.74) is 3.01. The first kappa shape index (κ1) is 15.5. The Morgan fingerprint density at radius 3 is 2.04 bits per heavy atom. The molecule has 0 radical (unpaired) electrons. The van der Waals surface area contributed by atoms with E-state index < -0.39 is 0 Å². The second-order valence-electron chi connectivity index (χ2n) is 6.16. The molecule has 1 aliphatic rings. The monoisotopic (exact) mass is 329 g/mol. The zero-order valence-corrected chi connectivity index (χ0v) is 13.8. The van der Waals surface area contributed by atoms with Crippen LogP contribution in [-0.2, 0) is 4.79 Å². The Labute approximate surface area is 147 Å². The second kappa shape index (κ2) is 6.81. The standard InChI is InChI=1S/C22H19NO2/c24-22(23-19-15-25-20-14-8-7-13-18(19)20)21(16-9-3-1-4-10-16)17-11-5-2-6-12-17/h1-14,19,21H,15H2,(H,23,24). The third-order valence-corrected chi connectivity index (χ3v) is 4.54. The zero-order chi connectivity index (χ0) is 17.1. The summed E-state index contributed by atoms with van der Waals surface area (Å²) in [7, 11) is 0. The molecule has 1 aliphatic heterocycles. The maximum absolute atomic E-state index is 13.1. The van der Waals surface area contributed by atoms with Crippen LogP contribution in [0.25, 0.3) is 0 Å². The smallest absolute Gasteiger partial charge is 0.232 e. The molecule has 3 aromatic rings. The summed E-state index contributed by atoms with van der Waals surface area (Å²) in [6.07, 6.45) is 0. The molecule has 25 heavy (non-hydrogen) atoms. The highest BCUT2D eigenvalue weighted by molar-refractivity contribution is 5.87. The van der Waals surface area contributed by atoms with Crippen LogP contribution in [0.3, 0.4) is 0 Å². The second-order valence-corrected chi connectivity index (χ2v) is 6.16. The molecule has 0 saturated carbocycles. The van der Waals surface area contributed by atoms with Crippen molar-refractivity contribution in [2.75, 3.05) is 6.61 Å². The highest BCUT2D eigenvalue weighted by atomic mass is 16.5. The van der Waals surface area contributed by atoms with Gasteiger partial charge in [-0.3, -0.25) is 4.79 Å². The minimum absolute atomic E-state index is 0.0114. The van der Waals surface area contributed by atoms with E-state index in [1.807, 2.05) is 84.9 Å². The Kier molecular flexibility index (Phi) is 4.21. The van der Waals surface area contributed by atoms with Crippen molar-refractivity contribution in [1.82, 2.24) is 5.32 Å². The van der Waals surface area contributed by atoms with Crippen LogP contribution in [0.5, 0.6) is 5.75 Å². The molecule has 0 spiro atoms. The predicted octanol–water partition coefficient (Wildman–Crippen LogP) is 4.07. The van der Waals surface area contributed by atoms with Crippen LogP contribution in [0, 0.1) is 0 Å². The molecular weight excluding hydrogens is 310 g/mol. The van der Waals surface area contributed by atoms with Gasteiger partial charge in [0.2, 0.25) is 5.91 Å². The van der Waals surface area contributed by atoms with Gasteiger partial charge in [-0.25, -0.2) is 0 Å². The van der Waals surface area contributed by atoms with Gasteiger partial charge in [0.05, 0.1) is 12.0 Å². The topological polar surface area (TPSA) is 38.3 Å². The molecule has 0 fully saturated rings. The number of rotatable bonds is 4. The highest BCUT2D eigenvalue weighted by Gasteiger charge is 2.29. The van der Waals surface area contributed by atoms with Crippen LogP contribution in [-0.4, -0.2) is 12.5 Å². The van der Waals surface area contributed by atoms with Gasteiger partial charge in [0.25, 0.3) is 0 Å². The SMILES string of the molecule is O=C(NC1COc2ccccc21)C(c1ccccc1)c1ccccc1. The summed E-state index contributed by atoms with van der Waals surface area (Å²) in [4.78, 5) is 13.1. The molecule has 4 rings (SSSR count). The molecule has 0 saturated heterocycles. The van der Waals surface area contributed by atoms with E-state index in [1.165, 1.54) is 0 Å². The maximum Gasteiger partial charge on any atom is 0.232 e. The number of hydrogen-bond acceptors (Lipinski definition) is 2. The quantitative estimate of drug-likeness (QED) is 0.783. The molecular formula is C22H19NO2. The lowest BCUT2D eigenvalue weighted by molar-refractivity contribution is -0.122. The average molecular weight is 329 g/mol. The van der Waals surface area contributed by atoms with E-state index in [9.17, 15) is 4.79 Å². The largest absolute Gasteiger partial charge is 0.491 e. The van der Waals surface area contributed by atoms with Crippen LogP contribution in [0.4, 0.5) is 0 Å². The van der Waals surface area contributed by atoms with Gasteiger partial charge in [-0.1, -0.05) is 78.9 Å². The number of hydrogen-bond donors (Lipinski definition) is 1. The fraction of sp³-hybridized carbons (Fsp3) is 0.136. The predicted molar refractivity (Wildman–Crippen MR) is 97.5 cm³/mol. The Hall–Kier alpha value is -3.07. The molecule has 0 bridgehead atoms. The van der Waals surface area contributed by atoms with Crippen LogP contribution in [0.1, 0.15) is 28.7 Å². The summed E-state index contributed by atoms with van der Waals surface area (Å²) in [6.45, 7) is 0.474. The van der Waals surface area contributed by atoms with E-state index in [0.717, 1.165) is 22.4 Å². The molecule has 1 amide bonds. The lowest BCUT2D eigenvalue weighted by Gasteiger charge is -2.20. The fourth-order valence-corrected chi connectivity index (χ4v) is 3.32. The third kappa shape index (κ3) is 3.13. The normalized spacial score (nSPS) is 15.5. The Morgan fingerprint density at radius 1 is 0.840 bits per heavy atom. The molecule has 3 nitrogen and oxygen atoms in total. The summed E-state index contributed by atoms with van der Waals surface area (Å²) in [5, 5.41) is 3.17. The van der Waals surface area contributed by atoms with E-state index in [0.29, 0.717) is 6.61 Å². The molecule has 0 aliphatic carbocycles. The van der Waals surface area contributed by atoms with E-state index in [2.05, 4.69) is 5.32 Å². The van der Waals surface area contributed by atoms with Crippen molar-refractivity contribution in [2.45, 2.75) is 12.0 Å². The first-order valence-corrected chi connectivity index (χ1v) is 8.45. The molecule has 3 heteroatoms. The minimum atomic E-state index is -0.338. The van der Waals surface area contributed by atoms with E-state index in [4.69, 9.17) is 4.74 Å². The number of amides is 1. The van der Waals surface area contributed by atoms with Crippen molar-refractivity contribution >= 4 is 5.91 Å². The average Bonchev–Trinajstić information content (AvgIpc) is 3.07. The first-order valence-electron chi connectivity index (χ1n) is 8.45. The van der Waals surface area contributed by atoms with Gasteiger partial charge in [0, 0.05) is 5.56 Å². The van der Waals surface area contributed by atoms with Gasteiger partial charge in [-0.15, -0.1) is 0 Å². The Balaban J connectivity index is 1.63. The number of ether oxygens (including phenoxy) is 1. The number of fused-ring (bicyclic) bond motifs is 1. The molecule has 1 atom stereocenters. The van der Waals surface area contributed by atoms with Crippen LogP contribution in [0.2, 0.25) is 0 Å². The van der Waals surface area contributed by atoms with Gasteiger partial charge < -0.3 is 10.1 Å². The van der Waals surface area contributed by atoms with Crippen molar-refractivity contribution in [2.24, 2.45) is 0 Å². The molecule has 124 valence electrons. The Morgan fingerprint density at radius 2 is 1.40 bits per heavy atom. The summed E-state index contributed by atoms with van der Waals surface area (Å²) < 4.78 is 5.69. The molecule has 1 N–H and O–H groups in total. The van der Waals surface area contributed by atoms with Gasteiger partial charge in [0.1, 0.15) is 12.4 Å². The zero-order valence-electron chi connectivity index (χ0n) is 13.8. The summed E-state index contributed by atoms with van der Waals surface area (Å²) in [5.74, 6) is 0.502. The van der Waals surface area contributed by atoms with Crippen molar-refractivity contribution in [1.29, 1.82) is 0 Å². The number of nitrogens with one attached hydrogen (secondary N) is 1. The molecule has 1 heterocycles. The van der Waals surface area contributed by atoms with E-state index >= 15 is 0 Å². The molecule has 0 aromatic heterocycles. The van der Waals surface area contributed by atoms with Crippen LogP contribution < -0.4 is 10.1 Å². The van der Waals surface area contributed by atoms with Crippen molar-refractivity contribution < 1.29 is 9.53 Å². The number of carbonyl (C=O) groups is 1. The molecule has 3 aromatic carbocycles. The molecule has 1 unspecified atom stereocenters. The fourth-order valence-electron chi connectivity index (χ4n) is 3.32. The number of carbonyl (C=O) groups excluding carboxylic acids is 1. The van der Waals surface area contributed by atoms with Crippen molar-refractivity contribution in [3.05, 3.63) is 102 Å². The lowest BCUT2D eigenvalue weighted by atomic mass is 9.90. The van der Waals surface area contributed by atoms with Crippen molar-refractivity contribution in [3.8, 4) is 5.75 Å². The third-order valence-electron chi connectivity index (χ3n) is 4.54. The summed E-state index contributed by atoms with van der Waals surface area (Å²) in [6, 6.07) is 27.5. The van der Waals surface area contributed by atoms with Gasteiger partial charge in [0.15, 0.2) is 0 Å². The van der Waals surface area contributed by atoms with E-state index in [1.54, 1.807) is 0 Å². The van der Waals surface area contributed by atoms with Crippen molar-refractivity contribution in [3.63, 3.8) is 0 Å². The van der Waals surface area contributed by atoms with Gasteiger partial charge >= 0.3 is 0 Å². The first-order chi connectivity index (χ1) is 12.3. The van der Waals surface area contributed by atoms with E-state index in [-0.39, 0.29) is 17.9 Å². The number of benzene rings is 3. The maximum atomic E-state index is 13.1. The Bertz CT molecular complexity index is 822. The van der Waals surface area contributed by atoms with Crippen LogP contribution >= 0.6 is 0 Å². The number of para-hydroxylation sites is 1. The van der Waals surface area contributed by atoms with Gasteiger partial charge in [-0.05, 0) is 17.2 Å². The lowest BCUT2D eigenvalue weighted by Crippen LogP contribution is -2.34. The van der Waals surface area contributed by atoms with Crippen LogP contribution in [0.15, 0.2) is 84.9 Å². The summed E-state index contributed by atoms with van der Waals surface area (Å²) >= 11 is 0. The minimum Gasteiger partial charge on any atom is -0.491 e. The highest BCUT2D eigenvalue weighted by Crippen LogP contribution is 2.33.